The summed E-state index contributed by atoms with van der Waals surface area (Å²) < 4.78 is 14.4. The van der Waals surface area contributed by atoms with Crippen molar-refractivity contribution in [2.75, 3.05) is 24.5 Å². The van der Waals surface area contributed by atoms with Crippen LogP contribution in [0.5, 0.6) is 0 Å². The number of anilines is 1. The van der Waals surface area contributed by atoms with Crippen LogP contribution in [0.3, 0.4) is 0 Å². The van der Waals surface area contributed by atoms with E-state index >= 15 is 0 Å². The summed E-state index contributed by atoms with van der Waals surface area (Å²) in [6, 6.07) is 21.6. The van der Waals surface area contributed by atoms with Gasteiger partial charge in [0.1, 0.15) is 5.82 Å². The van der Waals surface area contributed by atoms with Gasteiger partial charge in [-0.2, -0.15) is 0 Å². The quantitative estimate of drug-likeness (QED) is 0.429. The Bertz CT molecular complexity index is 1230. The van der Waals surface area contributed by atoms with E-state index in [1.54, 1.807) is 12.1 Å². The third-order valence-corrected chi connectivity index (χ3v) is 7.83. The van der Waals surface area contributed by atoms with E-state index in [9.17, 15) is 9.18 Å². The van der Waals surface area contributed by atoms with Gasteiger partial charge in [0, 0.05) is 29.8 Å². The number of nitrogens with zero attached hydrogens (tertiary/aromatic N) is 2. The van der Waals surface area contributed by atoms with E-state index in [2.05, 4.69) is 69.0 Å². The first-order valence-electron chi connectivity index (χ1n) is 12.7. The van der Waals surface area contributed by atoms with Crippen molar-refractivity contribution >= 4 is 11.6 Å². The highest BCUT2D eigenvalue weighted by atomic mass is 19.1. The van der Waals surface area contributed by atoms with Gasteiger partial charge in [-0.05, 0) is 85.3 Å². The average Bonchev–Trinajstić information content (AvgIpc) is 3.13. The lowest BCUT2D eigenvalue weighted by Crippen LogP contribution is -2.45. The van der Waals surface area contributed by atoms with Crippen molar-refractivity contribution in [2.24, 2.45) is 0 Å². The number of benzene rings is 3. The number of piperidine rings is 1. The normalized spacial score (nSPS) is 17.6. The number of hydrogen-bond donors (Lipinski definition) is 0. The maximum absolute atomic E-state index is 14.4. The summed E-state index contributed by atoms with van der Waals surface area (Å²) in [5.41, 5.74) is 6.20. The lowest BCUT2D eigenvalue weighted by atomic mass is 9.74. The Hall–Kier alpha value is -2.98. The molecule has 2 aliphatic rings. The van der Waals surface area contributed by atoms with Crippen LogP contribution in [-0.2, 0) is 17.4 Å². The Balaban J connectivity index is 1.37. The summed E-state index contributed by atoms with van der Waals surface area (Å²) in [6.07, 6.45) is 1.84. The molecule has 0 aromatic heterocycles. The predicted octanol–water partition coefficient (Wildman–Crippen LogP) is 6.63. The van der Waals surface area contributed by atoms with Crippen LogP contribution in [0.4, 0.5) is 10.1 Å². The lowest BCUT2D eigenvalue weighted by Gasteiger charge is -2.40. The molecule has 3 aromatic rings. The predicted molar refractivity (Wildman–Crippen MR) is 141 cm³/mol. The number of carbonyl (C=O) groups excluding carboxylic acids is 1. The second-order valence-electron chi connectivity index (χ2n) is 11.4. The van der Waals surface area contributed by atoms with Gasteiger partial charge >= 0.3 is 0 Å². The monoisotopic (exact) mass is 470 g/mol. The van der Waals surface area contributed by atoms with Crippen molar-refractivity contribution in [1.29, 1.82) is 0 Å². The van der Waals surface area contributed by atoms with Crippen molar-refractivity contribution in [3.63, 3.8) is 0 Å². The molecule has 0 unspecified atom stereocenters. The summed E-state index contributed by atoms with van der Waals surface area (Å²) in [5.74, 6) is -0.230. The fourth-order valence-electron chi connectivity index (χ4n) is 5.73. The first-order chi connectivity index (χ1) is 16.6. The largest absolute Gasteiger partial charge is 0.307 e. The van der Waals surface area contributed by atoms with Crippen LogP contribution < -0.4 is 4.90 Å². The van der Waals surface area contributed by atoms with E-state index in [4.69, 9.17) is 0 Å². The van der Waals surface area contributed by atoms with Gasteiger partial charge in [-0.3, -0.25) is 9.69 Å². The number of fused-ring (bicyclic) bond motifs is 2. The molecule has 0 aliphatic carbocycles. The van der Waals surface area contributed by atoms with Gasteiger partial charge < -0.3 is 4.90 Å². The average molecular weight is 471 g/mol. The molecule has 2 heterocycles. The van der Waals surface area contributed by atoms with Crippen LogP contribution in [0, 0.1) is 12.7 Å². The molecule has 1 fully saturated rings. The molecular weight excluding hydrogens is 435 g/mol. The maximum atomic E-state index is 14.4. The second-order valence-corrected chi connectivity index (χ2v) is 11.4. The van der Waals surface area contributed by atoms with Gasteiger partial charge in [0.25, 0.3) is 5.91 Å². The first kappa shape index (κ1) is 23.7. The number of hydrogen-bond acceptors (Lipinski definition) is 2. The minimum atomic E-state index is -0.228. The number of carbonyl (C=O) groups is 1. The molecule has 1 amide bonds. The minimum absolute atomic E-state index is 0.00242. The molecule has 35 heavy (non-hydrogen) atoms. The molecular formula is C31H35FN2O. The van der Waals surface area contributed by atoms with Gasteiger partial charge in [0.05, 0.1) is 0 Å². The highest BCUT2D eigenvalue weighted by Gasteiger charge is 2.46. The van der Waals surface area contributed by atoms with Gasteiger partial charge in [0.15, 0.2) is 0 Å². The highest BCUT2D eigenvalue weighted by molar-refractivity contribution is 6.07. The number of aryl methyl sites for hydroxylation is 1. The van der Waals surface area contributed by atoms with Crippen molar-refractivity contribution in [3.8, 4) is 0 Å². The van der Waals surface area contributed by atoms with Crippen molar-refractivity contribution in [1.82, 2.24) is 4.90 Å². The maximum Gasteiger partial charge on any atom is 0.258 e. The molecule has 0 saturated carbocycles. The van der Waals surface area contributed by atoms with Crippen LogP contribution in [-0.4, -0.2) is 30.4 Å². The van der Waals surface area contributed by atoms with E-state index in [0.29, 0.717) is 12.1 Å². The van der Waals surface area contributed by atoms with E-state index in [1.165, 1.54) is 22.8 Å². The van der Waals surface area contributed by atoms with Crippen LogP contribution in [0.2, 0.25) is 0 Å². The summed E-state index contributed by atoms with van der Waals surface area (Å²) >= 11 is 0. The minimum Gasteiger partial charge on any atom is -0.307 e. The third kappa shape index (κ3) is 4.64. The molecule has 2 aliphatic heterocycles. The highest BCUT2D eigenvalue weighted by Crippen LogP contribution is 2.48. The van der Waals surface area contributed by atoms with Gasteiger partial charge in [-0.1, -0.05) is 62.7 Å². The molecule has 3 nitrogen and oxygen atoms in total. The Morgan fingerprint density at radius 2 is 1.69 bits per heavy atom. The van der Waals surface area contributed by atoms with E-state index in [-0.39, 0.29) is 22.6 Å². The van der Waals surface area contributed by atoms with Gasteiger partial charge in [0.2, 0.25) is 0 Å². The number of likely N-dealkylation sites (tertiary alicyclic amines) is 1. The standard InChI is InChI=1S/C31H35FN2O/c1-22-6-5-7-23(18-22)20-33-16-14-31(15-17-33)21-34(28-13-12-26(32)19-27(28)31)29(35)24-8-10-25(11-9-24)30(2,3)4/h5-13,18-19H,14-17,20-21H2,1-4H3. The zero-order chi connectivity index (χ0) is 24.8. The lowest BCUT2D eigenvalue weighted by molar-refractivity contribution is 0.0975. The molecule has 4 heteroatoms. The van der Waals surface area contributed by atoms with E-state index in [1.807, 2.05) is 17.0 Å². The number of amides is 1. The van der Waals surface area contributed by atoms with Crippen molar-refractivity contribution < 1.29 is 9.18 Å². The van der Waals surface area contributed by atoms with E-state index in [0.717, 1.165) is 43.7 Å². The molecule has 3 aromatic carbocycles. The fraction of sp³-hybridized carbons (Fsp3) is 0.387. The third-order valence-electron chi connectivity index (χ3n) is 7.83. The SMILES string of the molecule is Cc1cccc(CN2CCC3(CC2)CN(C(=O)c2ccc(C(C)(C)C)cc2)c2ccc(F)cc23)c1. The van der Waals surface area contributed by atoms with Crippen LogP contribution in [0.15, 0.2) is 66.7 Å². The fourth-order valence-corrected chi connectivity index (χ4v) is 5.73. The van der Waals surface area contributed by atoms with E-state index < -0.39 is 0 Å². The van der Waals surface area contributed by atoms with Gasteiger partial charge in [-0.15, -0.1) is 0 Å². The molecule has 1 spiro atoms. The summed E-state index contributed by atoms with van der Waals surface area (Å²) in [7, 11) is 0. The molecule has 0 radical (unpaired) electrons. The van der Waals surface area contributed by atoms with Crippen LogP contribution in [0.25, 0.3) is 0 Å². The molecule has 182 valence electrons. The topological polar surface area (TPSA) is 23.6 Å². The molecule has 0 bridgehead atoms. The Kier molecular flexibility index (Phi) is 6.04. The smallest absolute Gasteiger partial charge is 0.258 e. The van der Waals surface area contributed by atoms with Crippen LogP contribution in [0.1, 0.15) is 66.2 Å². The Morgan fingerprint density at radius 3 is 2.34 bits per heavy atom. The zero-order valence-corrected chi connectivity index (χ0v) is 21.3. The van der Waals surface area contributed by atoms with Crippen LogP contribution >= 0.6 is 0 Å². The van der Waals surface area contributed by atoms with Gasteiger partial charge in [-0.25, -0.2) is 4.39 Å². The number of halogens is 1. The van der Waals surface area contributed by atoms with Crippen molar-refractivity contribution in [2.45, 2.75) is 57.9 Å². The molecule has 1 saturated heterocycles. The molecule has 0 atom stereocenters. The Morgan fingerprint density at radius 1 is 0.971 bits per heavy atom. The summed E-state index contributed by atoms with van der Waals surface area (Å²) in [6.45, 7) is 12.1. The summed E-state index contributed by atoms with van der Waals surface area (Å²) in [5, 5.41) is 0. The number of rotatable bonds is 3. The van der Waals surface area contributed by atoms with Crippen molar-refractivity contribution in [3.05, 3.63) is 100 Å². The summed E-state index contributed by atoms with van der Waals surface area (Å²) in [4.78, 5) is 18.0. The molecule has 5 rings (SSSR count). The zero-order valence-electron chi connectivity index (χ0n) is 21.3. The molecule has 0 N–H and O–H groups in total. The first-order valence-corrected chi connectivity index (χ1v) is 12.7. The Labute approximate surface area is 208 Å². The second kappa shape index (κ2) is 8.91.